The lowest BCUT2D eigenvalue weighted by Crippen LogP contribution is -2.48. The molecular formula is C26H27N3O3. The highest BCUT2D eigenvalue weighted by Crippen LogP contribution is 2.50. The number of para-hydroxylation sites is 3. The number of benzene rings is 2. The maximum Gasteiger partial charge on any atom is 0.257 e. The number of fused-ring (bicyclic) bond motifs is 4. The van der Waals surface area contributed by atoms with E-state index < -0.39 is 0 Å². The van der Waals surface area contributed by atoms with Crippen LogP contribution in [-0.4, -0.2) is 47.8 Å². The highest BCUT2D eigenvalue weighted by Gasteiger charge is 2.54. The fraction of sp³-hybridized carbons (Fsp3) is 0.346. The Morgan fingerprint density at radius 1 is 1.03 bits per heavy atom. The summed E-state index contributed by atoms with van der Waals surface area (Å²) in [5.74, 6) is 0.656. The number of ether oxygens (including phenoxy) is 2. The van der Waals surface area contributed by atoms with Crippen LogP contribution < -0.4 is 10.1 Å². The quantitative estimate of drug-likeness (QED) is 0.663. The molecule has 1 unspecified atom stereocenters. The average molecular weight is 430 g/mol. The molecule has 2 fully saturated rings. The normalized spacial score (nSPS) is 23.0. The SMILES string of the molecule is COc1ccccc1C(=O)N1CCC2(CC1)CC1(CO2)Nc2ccccc2-n2cccc21. The first-order chi connectivity index (χ1) is 15.6. The van der Waals surface area contributed by atoms with E-state index in [2.05, 4.69) is 52.5 Å². The van der Waals surface area contributed by atoms with Crippen LogP contribution in [0.5, 0.6) is 5.75 Å². The molecule has 1 amide bonds. The molecule has 6 rings (SSSR count). The molecule has 6 heteroatoms. The largest absolute Gasteiger partial charge is 0.496 e. The van der Waals surface area contributed by atoms with Crippen molar-refractivity contribution in [3.63, 3.8) is 0 Å². The summed E-state index contributed by atoms with van der Waals surface area (Å²) in [5.41, 5.74) is 3.73. The second kappa shape index (κ2) is 7.14. The van der Waals surface area contributed by atoms with E-state index in [4.69, 9.17) is 9.47 Å². The Morgan fingerprint density at radius 3 is 2.66 bits per heavy atom. The van der Waals surface area contributed by atoms with Gasteiger partial charge in [0.05, 0.1) is 41.9 Å². The number of hydrogen-bond donors (Lipinski definition) is 1. The Labute approximate surface area is 187 Å². The third-order valence-electron chi connectivity index (χ3n) is 7.32. The summed E-state index contributed by atoms with van der Waals surface area (Å²) in [5, 5.41) is 3.82. The molecule has 0 bridgehead atoms. The number of carbonyl (C=O) groups is 1. The molecule has 32 heavy (non-hydrogen) atoms. The third kappa shape index (κ3) is 2.86. The van der Waals surface area contributed by atoms with Crippen LogP contribution in [0.1, 0.15) is 35.3 Å². The van der Waals surface area contributed by atoms with Crippen LogP contribution in [0.3, 0.4) is 0 Å². The van der Waals surface area contributed by atoms with Gasteiger partial charge in [0.15, 0.2) is 0 Å². The molecule has 0 aliphatic carbocycles. The van der Waals surface area contributed by atoms with Crippen molar-refractivity contribution in [2.75, 3.05) is 32.1 Å². The summed E-state index contributed by atoms with van der Waals surface area (Å²) in [6.45, 7) is 2.00. The van der Waals surface area contributed by atoms with Gasteiger partial charge >= 0.3 is 0 Å². The lowest BCUT2D eigenvalue weighted by atomic mass is 9.79. The number of rotatable bonds is 2. The second-order valence-corrected chi connectivity index (χ2v) is 9.13. The number of likely N-dealkylation sites (tertiary alicyclic amines) is 1. The van der Waals surface area contributed by atoms with Crippen molar-refractivity contribution in [1.29, 1.82) is 0 Å². The number of carbonyl (C=O) groups excluding carboxylic acids is 1. The number of aromatic nitrogens is 1. The van der Waals surface area contributed by atoms with E-state index in [1.165, 1.54) is 11.4 Å². The van der Waals surface area contributed by atoms with Gasteiger partial charge in [-0.25, -0.2) is 0 Å². The molecule has 3 aromatic rings. The first kappa shape index (κ1) is 19.4. The Morgan fingerprint density at radius 2 is 1.81 bits per heavy atom. The molecule has 0 radical (unpaired) electrons. The first-order valence-electron chi connectivity index (χ1n) is 11.2. The number of amides is 1. The van der Waals surface area contributed by atoms with E-state index >= 15 is 0 Å². The van der Waals surface area contributed by atoms with E-state index in [1.807, 2.05) is 29.2 Å². The fourth-order valence-corrected chi connectivity index (χ4v) is 5.70. The highest BCUT2D eigenvalue weighted by atomic mass is 16.5. The number of anilines is 1. The van der Waals surface area contributed by atoms with Gasteiger partial charge in [-0.2, -0.15) is 0 Å². The molecule has 1 N–H and O–H groups in total. The Balaban J connectivity index is 1.22. The number of nitrogens with zero attached hydrogens (tertiary/aromatic N) is 2. The highest BCUT2D eigenvalue weighted by molar-refractivity contribution is 5.97. The molecular weight excluding hydrogens is 402 g/mol. The molecule has 0 saturated carbocycles. The third-order valence-corrected chi connectivity index (χ3v) is 7.32. The standard InChI is InChI=1S/C26H27N3O3/c1-31-22-10-5-2-7-19(22)24(30)28-15-12-25(13-16-28)17-26(18-32-25)23-11-6-14-29(23)21-9-4-3-8-20(21)27-26/h2-11,14,27H,12-13,15-18H2,1H3. The first-order valence-corrected chi connectivity index (χ1v) is 11.2. The van der Waals surface area contributed by atoms with Crippen LogP contribution in [0.4, 0.5) is 5.69 Å². The molecule has 3 aliphatic rings. The van der Waals surface area contributed by atoms with Gasteiger partial charge < -0.3 is 24.3 Å². The summed E-state index contributed by atoms with van der Waals surface area (Å²) < 4.78 is 14.2. The summed E-state index contributed by atoms with van der Waals surface area (Å²) in [4.78, 5) is 15.1. The molecule has 3 aliphatic heterocycles. The maximum absolute atomic E-state index is 13.1. The van der Waals surface area contributed by atoms with Crippen LogP contribution in [0.15, 0.2) is 66.9 Å². The zero-order valence-electron chi connectivity index (χ0n) is 18.2. The van der Waals surface area contributed by atoms with Gasteiger partial charge in [0, 0.05) is 25.7 Å². The van der Waals surface area contributed by atoms with Gasteiger partial charge in [-0.15, -0.1) is 0 Å². The van der Waals surface area contributed by atoms with Gasteiger partial charge in [0.25, 0.3) is 5.91 Å². The van der Waals surface area contributed by atoms with Gasteiger partial charge in [-0.1, -0.05) is 24.3 Å². The van der Waals surface area contributed by atoms with E-state index in [-0.39, 0.29) is 17.0 Å². The monoisotopic (exact) mass is 429 g/mol. The van der Waals surface area contributed by atoms with Crippen molar-refractivity contribution in [2.45, 2.75) is 30.4 Å². The summed E-state index contributed by atoms with van der Waals surface area (Å²) >= 11 is 0. The van der Waals surface area contributed by atoms with Crippen LogP contribution in [0.2, 0.25) is 0 Å². The number of nitrogens with one attached hydrogen (secondary N) is 1. The molecule has 2 saturated heterocycles. The van der Waals surface area contributed by atoms with E-state index in [1.54, 1.807) is 7.11 Å². The van der Waals surface area contributed by atoms with Crippen molar-refractivity contribution in [3.8, 4) is 11.4 Å². The van der Waals surface area contributed by atoms with Crippen LogP contribution in [0, 0.1) is 0 Å². The maximum atomic E-state index is 13.1. The zero-order valence-corrected chi connectivity index (χ0v) is 18.2. The second-order valence-electron chi connectivity index (χ2n) is 9.13. The van der Waals surface area contributed by atoms with Gasteiger partial charge in [-0.3, -0.25) is 4.79 Å². The Hall–Kier alpha value is -3.25. The van der Waals surface area contributed by atoms with Crippen LogP contribution >= 0.6 is 0 Å². The molecule has 2 aromatic carbocycles. The van der Waals surface area contributed by atoms with Crippen molar-refractivity contribution in [1.82, 2.24) is 9.47 Å². The van der Waals surface area contributed by atoms with Crippen LogP contribution in [-0.2, 0) is 10.3 Å². The molecule has 6 nitrogen and oxygen atoms in total. The fourth-order valence-electron chi connectivity index (χ4n) is 5.70. The van der Waals surface area contributed by atoms with Gasteiger partial charge in [0.2, 0.25) is 0 Å². The summed E-state index contributed by atoms with van der Waals surface area (Å²) in [6.07, 6.45) is 4.70. The lowest BCUT2D eigenvalue weighted by molar-refractivity contribution is -0.0392. The summed E-state index contributed by atoms with van der Waals surface area (Å²) in [6, 6.07) is 20.2. The summed E-state index contributed by atoms with van der Waals surface area (Å²) in [7, 11) is 1.61. The average Bonchev–Trinajstić information content (AvgIpc) is 3.46. The molecule has 1 aromatic heterocycles. The number of piperidine rings is 1. The minimum atomic E-state index is -0.243. The smallest absolute Gasteiger partial charge is 0.257 e. The Kier molecular flexibility index (Phi) is 4.33. The van der Waals surface area contributed by atoms with E-state index in [0.717, 1.165) is 24.9 Å². The molecule has 2 spiro atoms. The number of hydrogen-bond acceptors (Lipinski definition) is 4. The van der Waals surface area contributed by atoms with E-state index in [9.17, 15) is 4.79 Å². The van der Waals surface area contributed by atoms with Crippen LogP contribution in [0.25, 0.3) is 5.69 Å². The van der Waals surface area contributed by atoms with Crippen molar-refractivity contribution in [3.05, 3.63) is 78.1 Å². The van der Waals surface area contributed by atoms with E-state index in [0.29, 0.717) is 31.0 Å². The topological polar surface area (TPSA) is 55.7 Å². The van der Waals surface area contributed by atoms with Crippen molar-refractivity contribution in [2.24, 2.45) is 0 Å². The molecule has 4 heterocycles. The zero-order chi connectivity index (χ0) is 21.8. The molecule has 164 valence electrons. The Bertz CT molecular complexity index is 1180. The van der Waals surface area contributed by atoms with Crippen molar-refractivity contribution >= 4 is 11.6 Å². The van der Waals surface area contributed by atoms with Gasteiger partial charge in [-0.05, 0) is 49.2 Å². The molecule has 1 atom stereocenters. The minimum Gasteiger partial charge on any atom is -0.496 e. The predicted molar refractivity (Wildman–Crippen MR) is 123 cm³/mol. The lowest BCUT2D eigenvalue weighted by Gasteiger charge is -2.41. The van der Waals surface area contributed by atoms with Crippen molar-refractivity contribution < 1.29 is 14.3 Å². The minimum absolute atomic E-state index is 0.0311. The van der Waals surface area contributed by atoms with Gasteiger partial charge in [0.1, 0.15) is 11.3 Å². The predicted octanol–water partition coefficient (Wildman–Crippen LogP) is 4.20. The number of methoxy groups -OCH3 is 1.